The van der Waals surface area contributed by atoms with Gasteiger partial charge in [-0.2, -0.15) is 13.2 Å². The molecule has 0 radical (unpaired) electrons. The zero-order valence-corrected chi connectivity index (χ0v) is 9.90. The Labute approximate surface area is 93.8 Å². The molecule has 1 amide bonds. The highest BCUT2D eigenvalue weighted by Crippen LogP contribution is 2.37. The predicted molar refractivity (Wildman–Crippen MR) is 54.9 cm³/mol. The topological polar surface area (TPSA) is 20.3 Å². The van der Waals surface area contributed by atoms with E-state index in [9.17, 15) is 18.0 Å². The minimum Gasteiger partial charge on any atom is -0.335 e. The second-order valence-corrected chi connectivity index (χ2v) is 5.31. The monoisotopic (exact) mass is 237 g/mol. The maximum atomic E-state index is 12.2. The minimum absolute atomic E-state index is 0.193. The second-order valence-electron chi connectivity index (χ2n) is 5.31. The van der Waals surface area contributed by atoms with Gasteiger partial charge in [-0.15, -0.1) is 0 Å². The summed E-state index contributed by atoms with van der Waals surface area (Å²) < 4.78 is 36.6. The summed E-state index contributed by atoms with van der Waals surface area (Å²) >= 11 is 0. The summed E-state index contributed by atoms with van der Waals surface area (Å²) in [5.74, 6) is -1.72. The zero-order valence-electron chi connectivity index (χ0n) is 9.90. The number of hydrogen-bond acceptors (Lipinski definition) is 1. The fourth-order valence-electron chi connectivity index (χ4n) is 2.14. The Bertz CT molecular complexity index is 263. The lowest BCUT2D eigenvalue weighted by molar-refractivity contribution is -0.187. The molecule has 1 saturated carbocycles. The summed E-state index contributed by atoms with van der Waals surface area (Å²) in [6.07, 6.45) is -1.70. The van der Waals surface area contributed by atoms with Gasteiger partial charge >= 0.3 is 12.1 Å². The van der Waals surface area contributed by atoms with Gasteiger partial charge in [0.15, 0.2) is 0 Å². The Morgan fingerprint density at radius 1 is 1.25 bits per heavy atom. The number of amides is 1. The Hall–Kier alpha value is -0.740. The Kier molecular flexibility index (Phi) is 3.55. The number of nitrogens with zero attached hydrogens (tertiary/aromatic N) is 1. The molecule has 0 aromatic rings. The van der Waals surface area contributed by atoms with Crippen molar-refractivity contribution in [2.45, 2.75) is 51.7 Å². The van der Waals surface area contributed by atoms with Crippen molar-refractivity contribution < 1.29 is 18.0 Å². The van der Waals surface area contributed by atoms with Gasteiger partial charge in [-0.25, -0.2) is 0 Å². The van der Waals surface area contributed by atoms with Gasteiger partial charge in [0, 0.05) is 13.1 Å². The molecule has 1 fully saturated rings. The van der Waals surface area contributed by atoms with E-state index in [2.05, 4.69) is 13.8 Å². The van der Waals surface area contributed by atoms with E-state index in [0.29, 0.717) is 12.8 Å². The van der Waals surface area contributed by atoms with Crippen LogP contribution in [0.4, 0.5) is 13.2 Å². The van der Waals surface area contributed by atoms with Crippen LogP contribution >= 0.6 is 0 Å². The van der Waals surface area contributed by atoms with Crippen molar-refractivity contribution in [3.8, 4) is 0 Å². The van der Waals surface area contributed by atoms with Crippen molar-refractivity contribution in [1.29, 1.82) is 0 Å². The SMILES string of the molecule is CN(C(=O)C(F)(F)F)C1CCC(C)(C)CC1. The van der Waals surface area contributed by atoms with Crippen molar-refractivity contribution in [3.63, 3.8) is 0 Å². The zero-order chi connectivity index (χ0) is 12.6. The van der Waals surface area contributed by atoms with Crippen LogP contribution in [0.1, 0.15) is 39.5 Å². The standard InChI is InChI=1S/C11H18F3NO/c1-10(2)6-4-8(5-7-10)15(3)9(16)11(12,13)14/h8H,4-7H2,1-3H3. The molecule has 0 spiro atoms. The summed E-state index contributed by atoms with van der Waals surface area (Å²) in [6, 6.07) is -0.262. The summed E-state index contributed by atoms with van der Waals surface area (Å²) in [4.78, 5) is 11.9. The van der Waals surface area contributed by atoms with Crippen LogP contribution in [0.15, 0.2) is 0 Å². The van der Waals surface area contributed by atoms with Crippen molar-refractivity contribution >= 4 is 5.91 Å². The quantitative estimate of drug-likeness (QED) is 0.686. The molecular formula is C11H18F3NO. The molecule has 0 unspecified atom stereocenters. The van der Waals surface area contributed by atoms with E-state index in [0.717, 1.165) is 17.7 Å². The summed E-state index contributed by atoms with van der Waals surface area (Å²) in [5, 5.41) is 0. The molecule has 16 heavy (non-hydrogen) atoms. The van der Waals surface area contributed by atoms with Crippen LogP contribution in [-0.4, -0.2) is 30.1 Å². The van der Waals surface area contributed by atoms with Crippen molar-refractivity contribution in [2.24, 2.45) is 5.41 Å². The van der Waals surface area contributed by atoms with Gasteiger partial charge in [0.1, 0.15) is 0 Å². The molecule has 5 heteroatoms. The van der Waals surface area contributed by atoms with E-state index in [-0.39, 0.29) is 11.5 Å². The Balaban J connectivity index is 2.57. The highest BCUT2D eigenvalue weighted by molar-refractivity contribution is 5.81. The molecule has 0 aromatic heterocycles. The van der Waals surface area contributed by atoms with Crippen LogP contribution < -0.4 is 0 Å². The Morgan fingerprint density at radius 3 is 2.06 bits per heavy atom. The average Bonchev–Trinajstić information content (AvgIpc) is 2.14. The largest absolute Gasteiger partial charge is 0.471 e. The molecule has 0 aliphatic heterocycles. The van der Waals surface area contributed by atoms with Crippen molar-refractivity contribution in [3.05, 3.63) is 0 Å². The first-order valence-corrected chi connectivity index (χ1v) is 5.47. The molecule has 0 heterocycles. The van der Waals surface area contributed by atoms with Crippen LogP contribution in [-0.2, 0) is 4.79 Å². The summed E-state index contributed by atoms with van der Waals surface area (Å²) in [5.41, 5.74) is 0.193. The van der Waals surface area contributed by atoms with Gasteiger partial charge in [0.2, 0.25) is 0 Å². The predicted octanol–water partition coefficient (Wildman–Crippen LogP) is 2.98. The maximum absolute atomic E-state index is 12.2. The number of rotatable bonds is 1. The lowest BCUT2D eigenvalue weighted by atomic mass is 9.75. The smallest absolute Gasteiger partial charge is 0.335 e. The van der Waals surface area contributed by atoms with Crippen molar-refractivity contribution in [2.75, 3.05) is 7.05 Å². The number of carbonyl (C=O) groups excluding carboxylic acids is 1. The van der Waals surface area contributed by atoms with Crippen LogP contribution in [0.3, 0.4) is 0 Å². The highest BCUT2D eigenvalue weighted by atomic mass is 19.4. The number of carbonyl (C=O) groups is 1. The van der Waals surface area contributed by atoms with E-state index < -0.39 is 12.1 Å². The van der Waals surface area contributed by atoms with E-state index >= 15 is 0 Å². The molecule has 1 aliphatic rings. The third kappa shape index (κ3) is 3.12. The molecule has 1 rings (SSSR count). The van der Waals surface area contributed by atoms with Crippen LogP contribution in [0.25, 0.3) is 0 Å². The lowest BCUT2D eigenvalue weighted by Crippen LogP contribution is -2.46. The Morgan fingerprint density at radius 2 is 1.69 bits per heavy atom. The molecule has 2 nitrogen and oxygen atoms in total. The number of hydrogen-bond donors (Lipinski definition) is 0. The molecule has 94 valence electrons. The maximum Gasteiger partial charge on any atom is 0.471 e. The normalized spacial score (nSPS) is 21.9. The van der Waals surface area contributed by atoms with Gasteiger partial charge in [0.25, 0.3) is 0 Å². The first-order valence-electron chi connectivity index (χ1n) is 5.47. The second kappa shape index (κ2) is 4.26. The number of alkyl halides is 3. The van der Waals surface area contributed by atoms with E-state index in [1.807, 2.05) is 0 Å². The van der Waals surface area contributed by atoms with Gasteiger partial charge in [-0.05, 0) is 31.1 Å². The van der Waals surface area contributed by atoms with E-state index in [4.69, 9.17) is 0 Å². The molecule has 0 bridgehead atoms. The third-order valence-corrected chi connectivity index (χ3v) is 3.42. The fourth-order valence-corrected chi connectivity index (χ4v) is 2.14. The van der Waals surface area contributed by atoms with Gasteiger partial charge < -0.3 is 4.90 Å². The summed E-state index contributed by atoms with van der Waals surface area (Å²) in [7, 11) is 1.25. The van der Waals surface area contributed by atoms with Crippen LogP contribution in [0.2, 0.25) is 0 Å². The van der Waals surface area contributed by atoms with Crippen LogP contribution in [0.5, 0.6) is 0 Å². The number of halogens is 3. The fraction of sp³-hybridized carbons (Fsp3) is 0.909. The highest BCUT2D eigenvalue weighted by Gasteiger charge is 2.44. The average molecular weight is 237 g/mol. The summed E-state index contributed by atoms with van der Waals surface area (Å²) in [6.45, 7) is 4.21. The molecule has 1 aliphatic carbocycles. The van der Waals surface area contributed by atoms with Crippen molar-refractivity contribution in [1.82, 2.24) is 4.90 Å². The van der Waals surface area contributed by atoms with E-state index in [1.165, 1.54) is 7.05 Å². The van der Waals surface area contributed by atoms with Gasteiger partial charge in [-0.1, -0.05) is 13.8 Å². The van der Waals surface area contributed by atoms with Gasteiger partial charge in [0.05, 0.1) is 0 Å². The first-order chi connectivity index (χ1) is 7.13. The lowest BCUT2D eigenvalue weighted by Gasteiger charge is -2.38. The van der Waals surface area contributed by atoms with E-state index in [1.54, 1.807) is 0 Å². The molecule has 0 N–H and O–H groups in total. The molecule has 0 aromatic carbocycles. The third-order valence-electron chi connectivity index (χ3n) is 3.42. The molecular weight excluding hydrogens is 219 g/mol. The van der Waals surface area contributed by atoms with Gasteiger partial charge in [-0.3, -0.25) is 4.79 Å². The first kappa shape index (κ1) is 13.3. The van der Waals surface area contributed by atoms with Crippen LogP contribution in [0, 0.1) is 5.41 Å². The minimum atomic E-state index is -4.75. The molecule has 0 atom stereocenters. The molecule has 0 saturated heterocycles.